The van der Waals surface area contributed by atoms with E-state index in [1.165, 1.54) is 0 Å². The van der Waals surface area contributed by atoms with Gasteiger partial charge in [0.15, 0.2) is 0 Å². The van der Waals surface area contributed by atoms with Crippen molar-refractivity contribution in [3.63, 3.8) is 0 Å². The summed E-state index contributed by atoms with van der Waals surface area (Å²) in [6.07, 6.45) is 4.36. The molecule has 0 radical (unpaired) electrons. The quantitative estimate of drug-likeness (QED) is 0.598. The Hall–Kier alpha value is -3.60. The molecular formula is C28H28N2O3. The van der Waals surface area contributed by atoms with Crippen molar-refractivity contribution < 1.29 is 14.3 Å². The second kappa shape index (κ2) is 9.49. The minimum absolute atomic E-state index is 0.00185. The van der Waals surface area contributed by atoms with Crippen LogP contribution in [0.4, 0.5) is 5.69 Å². The molecule has 5 nitrogen and oxygen atoms in total. The Morgan fingerprint density at radius 3 is 2.55 bits per heavy atom. The van der Waals surface area contributed by atoms with Crippen LogP contribution in [-0.2, 0) is 11.2 Å². The van der Waals surface area contributed by atoms with Crippen LogP contribution in [0.5, 0.6) is 5.75 Å². The predicted octanol–water partition coefficient (Wildman–Crippen LogP) is 5.31. The fourth-order valence-corrected chi connectivity index (χ4v) is 4.76. The number of hydrogen-bond acceptors (Lipinski definition) is 3. The van der Waals surface area contributed by atoms with Crippen LogP contribution in [0.2, 0.25) is 0 Å². The van der Waals surface area contributed by atoms with Gasteiger partial charge < -0.3 is 15.0 Å². The topological polar surface area (TPSA) is 58.6 Å². The van der Waals surface area contributed by atoms with Gasteiger partial charge in [-0.25, -0.2) is 0 Å². The van der Waals surface area contributed by atoms with E-state index in [0.29, 0.717) is 23.6 Å². The smallest absolute Gasteiger partial charge is 0.257 e. The molecule has 5 heteroatoms. The summed E-state index contributed by atoms with van der Waals surface area (Å²) >= 11 is 0. The molecule has 1 atom stereocenters. The van der Waals surface area contributed by atoms with Crippen molar-refractivity contribution in [2.24, 2.45) is 0 Å². The summed E-state index contributed by atoms with van der Waals surface area (Å²) < 4.78 is 5.89. The molecule has 1 saturated heterocycles. The first-order valence-corrected chi connectivity index (χ1v) is 11.7. The van der Waals surface area contributed by atoms with Crippen LogP contribution in [0.1, 0.15) is 41.6 Å². The van der Waals surface area contributed by atoms with E-state index in [1.807, 2.05) is 47.4 Å². The average molecular weight is 441 g/mol. The number of hydrogen-bond donors (Lipinski definition) is 1. The van der Waals surface area contributed by atoms with Gasteiger partial charge >= 0.3 is 0 Å². The van der Waals surface area contributed by atoms with E-state index >= 15 is 0 Å². The van der Waals surface area contributed by atoms with Crippen LogP contribution in [0.3, 0.4) is 0 Å². The molecule has 0 bridgehead atoms. The summed E-state index contributed by atoms with van der Waals surface area (Å²) in [5, 5.41) is 2.95. The van der Waals surface area contributed by atoms with Gasteiger partial charge in [0.25, 0.3) is 5.91 Å². The van der Waals surface area contributed by atoms with Gasteiger partial charge in [-0.15, -0.1) is 0 Å². The van der Waals surface area contributed by atoms with E-state index in [-0.39, 0.29) is 24.3 Å². The lowest BCUT2D eigenvalue weighted by Crippen LogP contribution is -2.45. The zero-order valence-electron chi connectivity index (χ0n) is 18.6. The van der Waals surface area contributed by atoms with E-state index < -0.39 is 0 Å². The first-order valence-electron chi connectivity index (χ1n) is 11.7. The molecule has 3 aromatic carbocycles. The highest BCUT2D eigenvalue weighted by atomic mass is 16.5. The number of fused-ring (bicyclic) bond motifs is 2. The highest BCUT2D eigenvalue weighted by Gasteiger charge is 2.31. The van der Waals surface area contributed by atoms with Crippen LogP contribution < -0.4 is 10.1 Å². The molecule has 2 heterocycles. The number of nitrogens with one attached hydrogen (secondary N) is 1. The largest absolute Gasteiger partial charge is 0.493 e. The van der Waals surface area contributed by atoms with Gasteiger partial charge in [-0.05, 0) is 54.2 Å². The van der Waals surface area contributed by atoms with Crippen LogP contribution in [0.15, 0.2) is 72.8 Å². The van der Waals surface area contributed by atoms with Crippen LogP contribution in [0.25, 0.3) is 11.1 Å². The molecule has 2 amide bonds. The highest BCUT2D eigenvalue weighted by Crippen LogP contribution is 2.31. The second-order valence-electron chi connectivity index (χ2n) is 8.78. The highest BCUT2D eigenvalue weighted by molar-refractivity contribution is 6.00. The van der Waals surface area contributed by atoms with E-state index in [1.54, 1.807) is 18.2 Å². The summed E-state index contributed by atoms with van der Waals surface area (Å²) in [6.45, 7) is 1.39. The number of nitrogens with zero attached hydrogens (tertiary/aromatic N) is 1. The van der Waals surface area contributed by atoms with E-state index in [4.69, 9.17) is 4.74 Å². The molecule has 0 aromatic heterocycles. The maximum Gasteiger partial charge on any atom is 0.257 e. The van der Waals surface area contributed by atoms with Crippen LogP contribution >= 0.6 is 0 Å². The molecule has 0 aliphatic carbocycles. The average Bonchev–Trinajstić information content (AvgIpc) is 2.85. The number of carbonyl (C=O) groups is 2. The zero-order valence-corrected chi connectivity index (χ0v) is 18.6. The Morgan fingerprint density at radius 1 is 0.939 bits per heavy atom. The number of benzene rings is 3. The molecule has 0 saturated carbocycles. The number of piperidine rings is 1. The third-order valence-corrected chi connectivity index (χ3v) is 6.52. The molecule has 1 N–H and O–H groups in total. The summed E-state index contributed by atoms with van der Waals surface area (Å²) in [5.74, 6) is 0.484. The fourth-order valence-electron chi connectivity index (χ4n) is 4.76. The summed E-state index contributed by atoms with van der Waals surface area (Å²) in [7, 11) is 0. The Balaban J connectivity index is 1.28. The van der Waals surface area contributed by atoms with Crippen molar-refractivity contribution in [1.29, 1.82) is 0 Å². The minimum Gasteiger partial charge on any atom is -0.493 e. The predicted molar refractivity (Wildman–Crippen MR) is 129 cm³/mol. The Kier molecular flexibility index (Phi) is 6.11. The summed E-state index contributed by atoms with van der Waals surface area (Å²) in [6, 6.07) is 23.8. The second-order valence-corrected chi connectivity index (χ2v) is 8.78. The maximum absolute atomic E-state index is 13.2. The van der Waals surface area contributed by atoms with E-state index in [9.17, 15) is 9.59 Å². The molecule has 2 aliphatic heterocycles. The third kappa shape index (κ3) is 4.77. The molecule has 33 heavy (non-hydrogen) atoms. The van der Waals surface area contributed by atoms with Gasteiger partial charge in [0.05, 0.1) is 18.6 Å². The number of carbonyl (C=O) groups excluding carboxylic acids is 2. The maximum atomic E-state index is 13.2. The van der Waals surface area contributed by atoms with Crippen molar-refractivity contribution in [3.05, 3.63) is 83.9 Å². The van der Waals surface area contributed by atoms with E-state index in [0.717, 1.165) is 48.9 Å². The number of anilines is 1. The first kappa shape index (κ1) is 21.3. The SMILES string of the molecule is O=C(Cc1ccc(-c2ccccc2)cc1)Nc1ccc2c(c1)C(=O)N1CCCCC1CCO2. The van der Waals surface area contributed by atoms with E-state index in [2.05, 4.69) is 17.4 Å². The Labute approximate surface area is 194 Å². The molecule has 5 rings (SSSR count). The van der Waals surface area contributed by atoms with Crippen molar-refractivity contribution in [1.82, 2.24) is 4.90 Å². The van der Waals surface area contributed by atoms with Crippen molar-refractivity contribution >= 4 is 17.5 Å². The third-order valence-electron chi connectivity index (χ3n) is 6.52. The molecule has 0 spiro atoms. The van der Waals surface area contributed by atoms with Gasteiger partial charge in [0.2, 0.25) is 5.91 Å². The van der Waals surface area contributed by atoms with Crippen LogP contribution in [0, 0.1) is 0 Å². The van der Waals surface area contributed by atoms with Gasteiger partial charge in [-0.1, -0.05) is 54.6 Å². The van der Waals surface area contributed by atoms with Crippen molar-refractivity contribution in [3.8, 4) is 16.9 Å². The van der Waals surface area contributed by atoms with Gasteiger partial charge in [-0.3, -0.25) is 9.59 Å². The summed E-state index contributed by atoms with van der Waals surface area (Å²) in [5.41, 5.74) is 4.36. The van der Waals surface area contributed by atoms with Crippen LogP contribution in [-0.4, -0.2) is 35.9 Å². The first-order chi connectivity index (χ1) is 16.2. The lowest BCUT2D eigenvalue weighted by molar-refractivity contribution is -0.115. The van der Waals surface area contributed by atoms with Gasteiger partial charge in [-0.2, -0.15) is 0 Å². The standard InChI is InChI=1S/C28H28N2O3/c31-27(18-20-9-11-22(12-10-20)21-6-2-1-3-7-21)29-23-13-14-26-25(19-23)28(32)30-16-5-4-8-24(30)15-17-33-26/h1-3,6-7,9-14,19,24H,4-5,8,15-18H2,(H,29,31). The van der Waals surface area contributed by atoms with Crippen molar-refractivity contribution in [2.45, 2.75) is 38.1 Å². The fraction of sp³-hybridized carbons (Fsp3) is 0.286. The normalized spacial score (nSPS) is 17.8. The summed E-state index contributed by atoms with van der Waals surface area (Å²) in [4.78, 5) is 27.9. The zero-order chi connectivity index (χ0) is 22.6. The minimum atomic E-state index is -0.113. The monoisotopic (exact) mass is 440 g/mol. The molecule has 168 valence electrons. The lowest BCUT2D eigenvalue weighted by atomic mass is 9.97. The molecular weight excluding hydrogens is 412 g/mol. The van der Waals surface area contributed by atoms with Gasteiger partial charge in [0, 0.05) is 24.7 Å². The lowest BCUT2D eigenvalue weighted by Gasteiger charge is -2.37. The number of rotatable bonds is 4. The van der Waals surface area contributed by atoms with Gasteiger partial charge in [0.1, 0.15) is 5.75 Å². The molecule has 3 aromatic rings. The number of ether oxygens (including phenoxy) is 1. The van der Waals surface area contributed by atoms with Crippen molar-refractivity contribution in [2.75, 3.05) is 18.5 Å². The molecule has 1 unspecified atom stereocenters. The molecule has 2 aliphatic rings. The Morgan fingerprint density at radius 2 is 1.73 bits per heavy atom. The Bertz CT molecular complexity index is 1140. The molecule has 1 fully saturated rings. The number of amides is 2.